The van der Waals surface area contributed by atoms with Crippen molar-refractivity contribution in [1.29, 1.82) is 0 Å². The molecule has 0 amide bonds. The molecule has 0 bridgehead atoms. The van der Waals surface area contributed by atoms with Crippen molar-refractivity contribution in [3.8, 4) is 11.5 Å². The minimum Gasteiger partial charge on any atom is -0.493 e. The lowest BCUT2D eigenvalue weighted by Gasteiger charge is -2.14. The molecule has 0 saturated heterocycles. The summed E-state index contributed by atoms with van der Waals surface area (Å²) < 4.78 is 25.2. The topological polar surface area (TPSA) is 38.7 Å². The number of methoxy groups -OCH3 is 1. The molecule has 3 nitrogen and oxygen atoms in total. The largest absolute Gasteiger partial charge is 0.493 e. The predicted octanol–water partition coefficient (Wildman–Crippen LogP) is 4.32. The molecule has 0 unspecified atom stereocenters. The molecule has 0 aliphatic carbocycles. The van der Waals surface area contributed by atoms with Gasteiger partial charge in [-0.25, -0.2) is 4.39 Å². The van der Waals surface area contributed by atoms with Crippen LogP contribution in [0.5, 0.6) is 11.5 Å². The van der Waals surface area contributed by atoms with Gasteiger partial charge in [0.25, 0.3) is 0 Å². The molecule has 21 heavy (non-hydrogen) atoms. The molecule has 2 aromatic carbocycles. The van der Waals surface area contributed by atoms with Crippen LogP contribution in [0.25, 0.3) is 0 Å². The van der Waals surface area contributed by atoms with Gasteiger partial charge in [-0.05, 0) is 35.9 Å². The molecule has 0 atom stereocenters. The standard InChI is InChI=1S/C15H13BrClFO3/c1-20-14-5-9(7-19)4-12(17)15(14)21-8-10-6-11(16)2-3-13(10)18/h2-6,19H,7-8H2,1H3. The van der Waals surface area contributed by atoms with Gasteiger partial charge in [-0.3, -0.25) is 0 Å². The van der Waals surface area contributed by atoms with Gasteiger partial charge in [-0.1, -0.05) is 27.5 Å². The number of hydrogen-bond acceptors (Lipinski definition) is 3. The van der Waals surface area contributed by atoms with Gasteiger partial charge in [0.1, 0.15) is 12.4 Å². The van der Waals surface area contributed by atoms with Gasteiger partial charge in [0.05, 0.1) is 18.7 Å². The van der Waals surface area contributed by atoms with Crippen LogP contribution in [0.2, 0.25) is 5.02 Å². The highest BCUT2D eigenvalue weighted by Gasteiger charge is 2.13. The summed E-state index contributed by atoms with van der Waals surface area (Å²) >= 11 is 9.39. The molecule has 0 spiro atoms. The molecular weight excluding hydrogens is 363 g/mol. The molecule has 0 heterocycles. The van der Waals surface area contributed by atoms with Gasteiger partial charge in [0.15, 0.2) is 11.5 Å². The SMILES string of the molecule is COc1cc(CO)cc(Cl)c1OCc1cc(Br)ccc1F. The Kier molecular flexibility index (Phi) is 5.45. The fourth-order valence-corrected chi connectivity index (χ4v) is 2.50. The normalized spacial score (nSPS) is 10.5. The summed E-state index contributed by atoms with van der Waals surface area (Å²) in [6, 6.07) is 7.81. The first kappa shape index (κ1) is 16.1. The van der Waals surface area contributed by atoms with Crippen molar-refractivity contribution >= 4 is 27.5 Å². The van der Waals surface area contributed by atoms with E-state index in [0.717, 1.165) is 4.47 Å². The first-order valence-corrected chi connectivity index (χ1v) is 7.26. The Balaban J connectivity index is 2.25. The summed E-state index contributed by atoms with van der Waals surface area (Å²) in [6.07, 6.45) is 0. The van der Waals surface area contributed by atoms with Crippen molar-refractivity contribution in [1.82, 2.24) is 0 Å². The molecule has 0 aliphatic heterocycles. The summed E-state index contributed by atoms with van der Waals surface area (Å²) in [5.74, 6) is 0.345. The number of hydrogen-bond donors (Lipinski definition) is 1. The molecule has 0 aromatic heterocycles. The van der Waals surface area contributed by atoms with Crippen LogP contribution in [0.3, 0.4) is 0 Å². The van der Waals surface area contributed by atoms with Crippen molar-refractivity contribution in [2.24, 2.45) is 0 Å². The second kappa shape index (κ2) is 7.11. The molecule has 0 saturated carbocycles. The zero-order chi connectivity index (χ0) is 15.4. The molecule has 112 valence electrons. The summed E-state index contributed by atoms with van der Waals surface area (Å²) in [4.78, 5) is 0. The third-order valence-electron chi connectivity index (χ3n) is 2.85. The van der Waals surface area contributed by atoms with E-state index in [1.165, 1.54) is 13.2 Å². The zero-order valence-electron chi connectivity index (χ0n) is 11.2. The average molecular weight is 376 g/mol. The van der Waals surface area contributed by atoms with Crippen LogP contribution in [-0.2, 0) is 13.2 Å². The van der Waals surface area contributed by atoms with Gasteiger partial charge < -0.3 is 14.6 Å². The van der Waals surface area contributed by atoms with Gasteiger partial charge in [-0.2, -0.15) is 0 Å². The maximum atomic E-state index is 13.7. The molecule has 2 aromatic rings. The lowest BCUT2D eigenvalue weighted by atomic mass is 10.2. The Bertz CT molecular complexity index is 649. The van der Waals surface area contributed by atoms with E-state index < -0.39 is 0 Å². The second-order valence-electron chi connectivity index (χ2n) is 4.29. The third-order valence-corrected chi connectivity index (χ3v) is 3.63. The fourth-order valence-electron chi connectivity index (χ4n) is 1.81. The van der Waals surface area contributed by atoms with E-state index in [1.54, 1.807) is 24.3 Å². The van der Waals surface area contributed by atoms with E-state index in [-0.39, 0.29) is 19.0 Å². The highest BCUT2D eigenvalue weighted by atomic mass is 79.9. The molecule has 0 aliphatic rings. The van der Waals surface area contributed by atoms with Crippen LogP contribution < -0.4 is 9.47 Å². The van der Waals surface area contributed by atoms with Crippen LogP contribution in [0.4, 0.5) is 4.39 Å². The Morgan fingerprint density at radius 2 is 2.05 bits per heavy atom. The van der Waals surface area contributed by atoms with E-state index in [9.17, 15) is 4.39 Å². The Hall–Kier alpha value is -1.30. The fraction of sp³-hybridized carbons (Fsp3) is 0.200. The van der Waals surface area contributed by atoms with Gasteiger partial charge in [0.2, 0.25) is 0 Å². The maximum Gasteiger partial charge on any atom is 0.180 e. The molecule has 6 heteroatoms. The Morgan fingerprint density at radius 3 is 2.71 bits per heavy atom. The lowest BCUT2D eigenvalue weighted by Crippen LogP contribution is -2.01. The smallest absolute Gasteiger partial charge is 0.180 e. The Labute approximate surface area is 135 Å². The van der Waals surface area contributed by atoms with Gasteiger partial charge >= 0.3 is 0 Å². The minimum absolute atomic E-state index is 0.0137. The predicted molar refractivity (Wildman–Crippen MR) is 82.4 cm³/mol. The van der Waals surface area contributed by atoms with Crippen molar-refractivity contribution in [3.05, 3.63) is 56.8 Å². The second-order valence-corrected chi connectivity index (χ2v) is 5.61. The van der Waals surface area contributed by atoms with E-state index >= 15 is 0 Å². The zero-order valence-corrected chi connectivity index (χ0v) is 13.5. The summed E-state index contributed by atoms with van der Waals surface area (Å²) in [7, 11) is 1.47. The monoisotopic (exact) mass is 374 g/mol. The van der Waals surface area contributed by atoms with Crippen molar-refractivity contribution < 1.29 is 19.0 Å². The summed E-state index contributed by atoms with van der Waals surface area (Å²) in [6.45, 7) is -0.142. The van der Waals surface area contributed by atoms with Gasteiger partial charge in [0, 0.05) is 10.0 Å². The van der Waals surface area contributed by atoms with E-state index in [0.29, 0.717) is 27.6 Å². The third kappa shape index (κ3) is 3.87. The van der Waals surface area contributed by atoms with Crippen LogP contribution in [0, 0.1) is 5.82 Å². The first-order chi connectivity index (χ1) is 10.0. The number of ether oxygens (including phenoxy) is 2. The quantitative estimate of drug-likeness (QED) is 0.846. The van der Waals surface area contributed by atoms with Gasteiger partial charge in [-0.15, -0.1) is 0 Å². The number of rotatable bonds is 5. The first-order valence-electron chi connectivity index (χ1n) is 6.09. The van der Waals surface area contributed by atoms with E-state index in [2.05, 4.69) is 15.9 Å². The maximum absolute atomic E-state index is 13.7. The summed E-state index contributed by atoms with van der Waals surface area (Å²) in [5.41, 5.74) is 1.01. The highest BCUT2D eigenvalue weighted by Crippen LogP contribution is 2.37. The van der Waals surface area contributed by atoms with Crippen LogP contribution in [-0.4, -0.2) is 12.2 Å². The number of halogens is 3. The highest BCUT2D eigenvalue weighted by molar-refractivity contribution is 9.10. The van der Waals surface area contributed by atoms with E-state index in [4.69, 9.17) is 26.2 Å². The van der Waals surface area contributed by atoms with Crippen molar-refractivity contribution in [2.75, 3.05) is 7.11 Å². The lowest BCUT2D eigenvalue weighted by molar-refractivity contribution is 0.272. The molecular formula is C15H13BrClFO3. The molecule has 1 N–H and O–H groups in total. The van der Waals surface area contributed by atoms with Crippen LogP contribution in [0.15, 0.2) is 34.8 Å². The van der Waals surface area contributed by atoms with Crippen molar-refractivity contribution in [2.45, 2.75) is 13.2 Å². The van der Waals surface area contributed by atoms with E-state index in [1.807, 2.05) is 0 Å². The van der Waals surface area contributed by atoms with Crippen LogP contribution in [0.1, 0.15) is 11.1 Å². The van der Waals surface area contributed by atoms with Crippen molar-refractivity contribution in [3.63, 3.8) is 0 Å². The molecule has 2 rings (SSSR count). The minimum atomic E-state index is -0.361. The average Bonchev–Trinajstić information content (AvgIpc) is 2.48. The summed E-state index contributed by atoms with van der Waals surface area (Å²) in [5, 5.41) is 9.44. The molecule has 0 fully saturated rings. The molecule has 0 radical (unpaired) electrons. The number of benzene rings is 2. The number of aliphatic hydroxyl groups is 1. The number of aliphatic hydroxyl groups excluding tert-OH is 1. The van der Waals surface area contributed by atoms with Crippen LogP contribution >= 0.6 is 27.5 Å². The Morgan fingerprint density at radius 1 is 1.29 bits per heavy atom.